The number of nitrogens with zero attached hydrogens (tertiary/aromatic N) is 1. The van der Waals surface area contributed by atoms with Crippen molar-refractivity contribution in [2.45, 2.75) is 64.2 Å². The van der Waals surface area contributed by atoms with Crippen molar-refractivity contribution >= 4 is 8.32 Å². The van der Waals surface area contributed by atoms with Gasteiger partial charge in [0.25, 0.3) is 0 Å². The molecule has 0 saturated heterocycles. The van der Waals surface area contributed by atoms with Crippen molar-refractivity contribution in [2.75, 3.05) is 19.7 Å². The first-order valence-electron chi connectivity index (χ1n) is 7.84. The summed E-state index contributed by atoms with van der Waals surface area (Å²) in [5, 5.41) is 2.55. The molecule has 2 rings (SSSR count). The van der Waals surface area contributed by atoms with Crippen LogP contribution in [0.15, 0.2) is 11.3 Å². The number of hydrogen-bond donors (Lipinski definition) is 2. The highest BCUT2D eigenvalue weighted by atomic mass is 28.4. The molecule has 0 bridgehead atoms. The van der Waals surface area contributed by atoms with Crippen LogP contribution in [0.5, 0.6) is 0 Å². The summed E-state index contributed by atoms with van der Waals surface area (Å²) in [7, 11) is -1.62. The van der Waals surface area contributed by atoms with Crippen LogP contribution in [-0.2, 0) is 4.43 Å². The van der Waals surface area contributed by atoms with Crippen LogP contribution in [0.3, 0.4) is 0 Å². The van der Waals surface area contributed by atoms with Gasteiger partial charge in [-0.15, -0.1) is 0 Å². The van der Waals surface area contributed by atoms with Crippen molar-refractivity contribution < 1.29 is 4.43 Å². The quantitative estimate of drug-likeness (QED) is 0.783. The monoisotopic (exact) mass is 297 g/mol. The third-order valence-corrected chi connectivity index (χ3v) is 9.60. The van der Waals surface area contributed by atoms with Crippen LogP contribution in [-0.4, -0.2) is 39.1 Å². The Hall–Kier alpha value is -0.363. The van der Waals surface area contributed by atoms with Crippen molar-refractivity contribution in [1.29, 1.82) is 0 Å². The number of allylic oxidation sites excluding steroid dienone is 1. The molecule has 116 valence electrons. The second-order valence-electron chi connectivity index (χ2n) is 7.64. The molecular formula is C15H31N3OSi. The molecule has 0 amide bonds. The Kier molecular flexibility index (Phi) is 4.64. The Bertz CT molecular complexity index is 387. The van der Waals surface area contributed by atoms with Gasteiger partial charge < -0.3 is 15.6 Å². The third kappa shape index (κ3) is 3.45. The predicted octanol–water partition coefficient (Wildman–Crippen LogP) is 2.59. The Labute approximate surface area is 124 Å². The van der Waals surface area contributed by atoms with Crippen LogP contribution in [0, 0.1) is 0 Å². The van der Waals surface area contributed by atoms with E-state index in [0.29, 0.717) is 0 Å². The summed E-state index contributed by atoms with van der Waals surface area (Å²) in [6.45, 7) is 14.2. The van der Waals surface area contributed by atoms with Crippen LogP contribution < -0.4 is 11.2 Å². The molecule has 0 fully saturated rings. The summed E-state index contributed by atoms with van der Waals surface area (Å²) >= 11 is 0. The van der Waals surface area contributed by atoms with Gasteiger partial charge in [-0.1, -0.05) is 20.8 Å². The van der Waals surface area contributed by atoms with Crippen LogP contribution >= 0.6 is 0 Å². The fourth-order valence-corrected chi connectivity index (χ4v) is 3.63. The molecule has 0 saturated carbocycles. The van der Waals surface area contributed by atoms with Crippen molar-refractivity contribution in [3.8, 4) is 0 Å². The van der Waals surface area contributed by atoms with Gasteiger partial charge in [-0.05, 0) is 43.0 Å². The molecule has 5 heteroatoms. The first kappa shape index (κ1) is 16.0. The van der Waals surface area contributed by atoms with Crippen LogP contribution in [0.2, 0.25) is 18.1 Å². The van der Waals surface area contributed by atoms with Gasteiger partial charge in [0.2, 0.25) is 0 Å². The lowest BCUT2D eigenvalue weighted by Gasteiger charge is -2.36. The normalized spacial score (nSPS) is 24.8. The van der Waals surface area contributed by atoms with E-state index in [4.69, 9.17) is 10.2 Å². The lowest BCUT2D eigenvalue weighted by molar-refractivity contribution is 0.185. The smallest absolute Gasteiger partial charge is 0.192 e. The summed E-state index contributed by atoms with van der Waals surface area (Å²) in [6, 6.07) is 0.262. The van der Waals surface area contributed by atoms with E-state index in [1.165, 1.54) is 17.7 Å². The first-order valence-corrected chi connectivity index (χ1v) is 10.7. The zero-order valence-corrected chi connectivity index (χ0v) is 14.8. The summed E-state index contributed by atoms with van der Waals surface area (Å²) in [5.74, 6) is 0. The van der Waals surface area contributed by atoms with E-state index in [1.807, 2.05) is 0 Å². The summed E-state index contributed by atoms with van der Waals surface area (Å²) in [4.78, 5) is 0. The number of rotatable bonds is 4. The lowest BCUT2D eigenvalue weighted by atomic mass is 9.93. The van der Waals surface area contributed by atoms with E-state index in [9.17, 15) is 0 Å². The molecule has 0 radical (unpaired) electrons. The fraction of sp³-hybridized carbons (Fsp3) is 0.867. The van der Waals surface area contributed by atoms with Crippen LogP contribution in [0.1, 0.15) is 40.0 Å². The Morgan fingerprint density at radius 2 is 2.10 bits per heavy atom. The molecule has 0 aromatic rings. The van der Waals surface area contributed by atoms with Crippen molar-refractivity contribution in [1.82, 2.24) is 10.4 Å². The van der Waals surface area contributed by atoms with Gasteiger partial charge in [0.1, 0.15) is 0 Å². The molecule has 2 aliphatic rings. The van der Waals surface area contributed by atoms with Gasteiger partial charge in [-0.25, -0.2) is 5.01 Å². The van der Waals surface area contributed by atoms with Crippen molar-refractivity contribution in [3.05, 3.63) is 11.3 Å². The van der Waals surface area contributed by atoms with E-state index >= 15 is 0 Å². The predicted molar refractivity (Wildman–Crippen MR) is 86.7 cm³/mol. The molecule has 1 aliphatic heterocycles. The standard InChI is InChI=1S/C15H31N3OSi/c1-15(2,3)20(4,5)19-10-9-18-11-12-13(16)7-6-8-14(12)17-18/h13,17H,6-11,16H2,1-5H3. The molecule has 1 heterocycles. The molecule has 4 nitrogen and oxygen atoms in total. The van der Waals surface area contributed by atoms with Crippen molar-refractivity contribution in [3.63, 3.8) is 0 Å². The number of nitrogens with two attached hydrogens (primary N) is 1. The van der Waals surface area contributed by atoms with E-state index < -0.39 is 8.32 Å². The second kappa shape index (κ2) is 5.79. The Morgan fingerprint density at radius 3 is 2.70 bits per heavy atom. The highest BCUT2D eigenvalue weighted by molar-refractivity contribution is 6.74. The van der Waals surface area contributed by atoms with E-state index in [1.54, 1.807) is 0 Å². The molecule has 1 unspecified atom stereocenters. The molecule has 0 aromatic carbocycles. The molecule has 0 spiro atoms. The Morgan fingerprint density at radius 1 is 1.40 bits per heavy atom. The molecule has 1 aliphatic carbocycles. The van der Waals surface area contributed by atoms with Gasteiger partial charge in [0.15, 0.2) is 8.32 Å². The maximum Gasteiger partial charge on any atom is 0.192 e. The van der Waals surface area contributed by atoms with Gasteiger partial charge >= 0.3 is 0 Å². The minimum Gasteiger partial charge on any atom is -0.415 e. The zero-order valence-electron chi connectivity index (χ0n) is 13.8. The minimum atomic E-state index is -1.62. The highest BCUT2D eigenvalue weighted by Gasteiger charge is 2.37. The van der Waals surface area contributed by atoms with Gasteiger partial charge in [0.05, 0.1) is 0 Å². The number of hydrazine groups is 1. The maximum absolute atomic E-state index is 6.24. The van der Waals surface area contributed by atoms with Gasteiger partial charge in [0, 0.05) is 31.4 Å². The van der Waals surface area contributed by atoms with E-state index in [2.05, 4.69) is 44.3 Å². The first-order chi connectivity index (χ1) is 9.21. The third-order valence-electron chi connectivity index (χ3n) is 5.06. The zero-order chi connectivity index (χ0) is 15.0. The van der Waals surface area contributed by atoms with Gasteiger partial charge in [-0.3, -0.25) is 0 Å². The van der Waals surface area contributed by atoms with Gasteiger partial charge in [-0.2, -0.15) is 0 Å². The molecule has 0 aromatic heterocycles. The average molecular weight is 298 g/mol. The van der Waals surface area contributed by atoms with Crippen LogP contribution in [0.25, 0.3) is 0 Å². The Balaban J connectivity index is 1.78. The largest absolute Gasteiger partial charge is 0.415 e. The summed E-state index contributed by atoms with van der Waals surface area (Å²) in [6.07, 6.45) is 3.50. The maximum atomic E-state index is 6.24. The highest BCUT2D eigenvalue weighted by Crippen LogP contribution is 2.36. The summed E-state index contributed by atoms with van der Waals surface area (Å²) in [5.41, 5.74) is 12.5. The SMILES string of the molecule is CC(C)(C)[Si](C)(C)OCCN1CC2=C(CCCC2N)N1. The molecule has 1 atom stereocenters. The second-order valence-corrected chi connectivity index (χ2v) is 12.5. The average Bonchev–Trinajstić information content (AvgIpc) is 2.71. The topological polar surface area (TPSA) is 50.5 Å². The fourth-order valence-electron chi connectivity index (χ4n) is 2.60. The number of hydrogen-bond acceptors (Lipinski definition) is 4. The molecular weight excluding hydrogens is 266 g/mol. The van der Waals surface area contributed by atoms with E-state index in [-0.39, 0.29) is 11.1 Å². The van der Waals surface area contributed by atoms with Crippen LogP contribution in [0.4, 0.5) is 0 Å². The van der Waals surface area contributed by atoms with E-state index in [0.717, 1.165) is 32.5 Å². The van der Waals surface area contributed by atoms with Crippen molar-refractivity contribution in [2.24, 2.45) is 5.73 Å². The number of nitrogens with one attached hydrogen (secondary N) is 1. The molecule has 20 heavy (non-hydrogen) atoms. The minimum absolute atomic E-state index is 0.262. The summed E-state index contributed by atoms with van der Waals surface area (Å²) < 4.78 is 6.24. The molecule has 3 N–H and O–H groups in total. The lowest BCUT2D eigenvalue weighted by Crippen LogP contribution is -2.44.